The van der Waals surface area contributed by atoms with Crippen LogP contribution in [0.3, 0.4) is 0 Å². The molecule has 0 spiro atoms. The molecule has 0 unspecified atom stereocenters. The Morgan fingerprint density at radius 3 is 2.50 bits per heavy atom. The molecule has 0 radical (unpaired) electrons. The minimum absolute atomic E-state index is 0.0147. The van der Waals surface area contributed by atoms with Crippen molar-refractivity contribution in [3.63, 3.8) is 0 Å². The zero-order chi connectivity index (χ0) is 13.9. The lowest BCUT2D eigenvalue weighted by atomic mass is 10.0. The van der Waals surface area contributed by atoms with E-state index in [1.807, 2.05) is 6.92 Å². The lowest BCUT2D eigenvalue weighted by Crippen LogP contribution is -2.25. The highest BCUT2D eigenvalue weighted by Gasteiger charge is 2.18. The molecule has 0 N–H and O–H groups in total. The SMILES string of the molecule is Cc1ccc([N+](=O)[O-])cc1CC(=O)OC(C)(C)C. The van der Waals surface area contributed by atoms with Crippen molar-refractivity contribution >= 4 is 11.7 Å². The van der Waals surface area contributed by atoms with Crippen molar-refractivity contribution in [3.05, 3.63) is 39.4 Å². The first kappa shape index (κ1) is 14.2. The topological polar surface area (TPSA) is 69.4 Å². The number of ether oxygens (including phenoxy) is 1. The Morgan fingerprint density at radius 1 is 1.39 bits per heavy atom. The summed E-state index contributed by atoms with van der Waals surface area (Å²) in [6, 6.07) is 4.48. The Balaban J connectivity index is 2.87. The largest absolute Gasteiger partial charge is 0.460 e. The number of rotatable bonds is 3. The summed E-state index contributed by atoms with van der Waals surface area (Å²) in [5.74, 6) is -0.383. The molecule has 18 heavy (non-hydrogen) atoms. The summed E-state index contributed by atoms with van der Waals surface area (Å²) in [6.45, 7) is 7.16. The molecule has 0 fully saturated rings. The fourth-order valence-corrected chi connectivity index (χ4v) is 1.49. The summed E-state index contributed by atoms with van der Waals surface area (Å²) in [6.07, 6.45) is 0.0464. The van der Waals surface area contributed by atoms with Gasteiger partial charge in [0.25, 0.3) is 5.69 Å². The van der Waals surface area contributed by atoms with E-state index < -0.39 is 10.5 Å². The Bertz CT molecular complexity index is 474. The molecule has 5 heteroatoms. The third-order valence-electron chi connectivity index (χ3n) is 2.30. The number of non-ortho nitro benzene ring substituents is 1. The van der Waals surface area contributed by atoms with Gasteiger partial charge in [0.05, 0.1) is 11.3 Å². The second-order valence-corrected chi connectivity index (χ2v) is 5.13. The molecule has 0 aromatic heterocycles. The van der Waals surface area contributed by atoms with Gasteiger partial charge < -0.3 is 4.74 Å². The second kappa shape index (κ2) is 5.16. The van der Waals surface area contributed by atoms with Crippen molar-refractivity contribution in [2.24, 2.45) is 0 Å². The number of carbonyl (C=O) groups excluding carboxylic acids is 1. The van der Waals surface area contributed by atoms with Crippen LogP contribution < -0.4 is 0 Å². The predicted molar refractivity (Wildman–Crippen MR) is 67.4 cm³/mol. The third-order valence-corrected chi connectivity index (χ3v) is 2.30. The van der Waals surface area contributed by atoms with E-state index in [1.165, 1.54) is 12.1 Å². The lowest BCUT2D eigenvalue weighted by molar-refractivity contribution is -0.384. The normalized spacial score (nSPS) is 11.1. The van der Waals surface area contributed by atoms with Crippen LogP contribution in [0.1, 0.15) is 31.9 Å². The fraction of sp³-hybridized carbons (Fsp3) is 0.462. The predicted octanol–water partition coefficient (Wildman–Crippen LogP) is 2.79. The maximum atomic E-state index is 11.7. The molecule has 0 aliphatic heterocycles. The molecule has 0 heterocycles. The van der Waals surface area contributed by atoms with Gasteiger partial charge in [0.2, 0.25) is 0 Å². The molecule has 1 aromatic rings. The number of carbonyl (C=O) groups is 1. The molecule has 0 aliphatic carbocycles. The van der Waals surface area contributed by atoms with E-state index in [0.29, 0.717) is 5.56 Å². The van der Waals surface area contributed by atoms with E-state index in [4.69, 9.17) is 4.74 Å². The van der Waals surface area contributed by atoms with Gasteiger partial charge in [0.15, 0.2) is 0 Å². The number of benzene rings is 1. The van der Waals surface area contributed by atoms with Crippen molar-refractivity contribution in [3.8, 4) is 0 Å². The van der Waals surface area contributed by atoms with Crippen LogP contribution in [0, 0.1) is 17.0 Å². The van der Waals surface area contributed by atoms with Gasteiger partial charge in [0, 0.05) is 12.1 Å². The number of nitro benzene ring substituents is 1. The molecule has 0 bridgehead atoms. The molecule has 1 rings (SSSR count). The highest BCUT2D eigenvalue weighted by atomic mass is 16.6. The zero-order valence-corrected chi connectivity index (χ0v) is 11.0. The zero-order valence-electron chi connectivity index (χ0n) is 11.0. The minimum atomic E-state index is -0.550. The molecule has 0 saturated carbocycles. The molecule has 0 amide bonds. The van der Waals surface area contributed by atoms with Crippen molar-refractivity contribution in [2.75, 3.05) is 0 Å². The Hall–Kier alpha value is -1.91. The average Bonchev–Trinajstić information content (AvgIpc) is 2.18. The van der Waals surface area contributed by atoms with Crippen LogP contribution in [-0.2, 0) is 16.0 Å². The van der Waals surface area contributed by atoms with Crippen LogP contribution >= 0.6 is 0 Å². The first-order chi connectivity index (χ1) is 8.19. The summed E-state index contributed by atoms with van der Waals surface area (Å²) >= 11 is 0. The number of aryl methyl sites for hydroxylation is 1. The Kier molecular flexibility index (Phi) is 4.06. The minimum Gasteiger partial charge on any atom is -0.460 e. The monoisotopic (exact) mass is 251 g/mol. The molecular weight excluding hydrogens is 234 g/mol. The Labute approximate surface area is 106 Å². The van der Waals surface area contributed by atoms with E-state index in [2.05, 4.69) is 0 Å². The summed E-state index contributed by atoms with van der Waals surface area (Å²) < 4.78 is 5.19. The quantitative estimate of drug-likeness (QED) is 0.470. The number of esters is 1. The second-order valence-electron chi connectivity index (χ2n) is 5.13. The summed E-state index contributed by atoms with van der Waals surface area (Å²) in [4.78, 5) is 21.9. The van der Waals surface area contributed by atoms with Crippen LogP contribution in [0.25, 0.3) is 0 Å². The summed E-state index contributed by atoms with van der Waals surface area (Å²) in [5, 5.41) is 10.7. The average molecular weight is 251 g/mol. The van der Waals surface area contributed by atoms with E-state index in [1.54, 1.807) is 26.8 Å². The van der Waals surface area contributed by atoms with Crippen molar-refractivity contribution in [1.29, 1.82) is 0 Å². The summed E-state index contributed by atoms with van der Waals surface area (Å²) in [7, 11) is 0. The Morgan fingerprint density at radius 2 is 2.00 bits per heavy atom. The van der Waals surface area contributed by atoms with Gasteiger partial charge in [-0.2, -0.15) is 0 Å². The van der Waals surface area contributed by atoms with Crippen LogP contribution in [0.5, 0.6) is 0 Å². The molecule has 1 aromatic carbocycles. The highest BCUT2D eigenvalue weighted by Crippen LogP contribution is 2.19. The fourth-order valence-electron chi connectivity index (χ4n) is 1.49. The first-order valence-corrected chi connectivity index (χ1v) is 5.65. The standard InChI is InChI=1S/C13H17NO4/c1-9-5-6-11(14(16)17)7-10(9)8-12(15)18-13(2,3)4/h5-7H,8H2,1-4H3. The molecule has 0 aliphatic rings. The highest BCUT2D eigenvalue weighted by molar-refractivity contribution is 5.73. The van der Waals surface area contributed by atoms with Gasteiger partial charge in [-0.05, 0) is 38.8 Å². The van der Waals surface area contributed by atoms with Gasteiger partial charge in [-0.1, -0.05) is 6.07 Å². The number of hydrogen-bond donors (Lipinski definition) is 0. The van der Waals surface area contributed by atoms with Crippen LogP contribution in [0.2, 0.25) is 0 Å². The van der Waals surface area contributed by atoms with Crippen LogP contribution in [0.4, 0.5) is 5.69 Å². The number of nitrogens with zero attached hydrogens (tertiary/aromatic N) is 1. The number of hydrogen-bond acceptors (Lipinski definition) is 4. The van der Waals surface area contributed by atoms with Gasteiger partial charge in [0.1, 0.15) is 5.60 Å². The molecule has 0 saturated heterocycles. The maximum Gasteiger partial charge on any atom is 0.310 e. The van der Waals surface area contributed by atoms with E-state index in [-0.39, 0.29) is 18.1 Å². The van der Waals surface area contributed by atoms with Crippen LogP contribution in [0.15, 0.2) is 18.2 Å². The molecule has 5 nitrogen and oxygen atoms in total. The summed E-state index contributed by atoms with van der Waals surface area (Å²) in [5.41, 5.74) is 0.898. The molecule has 98 valence electrons. The maximum absolute atomic E-state index is 11.7. The van der Waals surface area contributed by atoms with E-state index >= 15 is 0 Å². The van der Waals surface area contributed by atoms with Gasteiger partial charge in [-0.15, -0.1) is 0 Å². The van der Waals surface area contributed by atoms with Crippen molar-refractivity contribution in [2.45, 2.75) is 39.7 Å². The van der Waals surface area contributed by atoms with Gasteiger partial charge in [-0.3, -0.25) is 14.9 Å². The van der Waals surface area contributed by atoms with Gasteiger partial charge in [-0.25, -0.2) is 0 Å². The van der Waals surface area contributed by atoms with Crippen molar-refractivity contribution in [1.82, 2.24) is 0 Å². The first-order valence-electron chi connectivity index (χ1n) is 5.65. The van der Waals surface area contributed by atoms with Gasteiger partial charge >= 0.3 is 5.97 Å². The third kappa shape index (κ3) is 4.16. The van der Waals surface area contributed by atoms with E-state index in [9.17, 15) is 14.9 Å². The van der Waals surface area contributed by atoms with Crippen LogP contribution in [-0.4, -0.2) is 16.5 Å². The molecular formula is C13H17NO4. The van der Waals surface area contributed by atoms with Crippen molar-refractivity contribution < 1.29 is 14.5 Å². The lowest BCUT2D eigenvalue weighted by Gasteiger charge is -2.19. The van der Waals surface area contributed by atoms with E-state index in [0.717, 1.165) is 5.56 Å². The molecule has 0 atom stereocenters. The number of nitro groups is 1. The smallest absolute Gasteiger partial charge is 0.310 e.